The average molecular weight is 659 g/mol. The molecular formula is C36H14N6O4S2. The number of Topliss-reactive ketones (excluding diaryl/α,β-unsaturated/α-hetero) is 4. The lowest BCUT2D eigenvalue weighted by atomic mass is 10.0. The van der Waals surface area contributed by atoms with Gasteiger partial charge in [0.05, 0.1) is 63.2 Å². The van der Waals surface area contributed by atoms with E-state index in [1.54, 1.807) is 34.8 Å². The van der Waals surface area contributed by atoms with Crippen molar-refractivity contribution in [2.75, 3.05) is 0 Å². The van der Waals surface area contributed by atoms with Crippen LogP contribution in [0.15, 0.2) is 47.5 Å². The normalized spacial score (nSPS) is 13.6. The number of fused-ring (bicyclic) bond motifs is 7. The first-order chi connectivity index (χ1) is 23.1. The second-order valence-corrected chi connectivity index (χ2v) is 13.4. The Labute approximate surface area is 278 Å². The largest absolute Gasteiger partial charge is 0.342 e. The number of carbonyl (C=O) groups excluding carboxylic acids is 4. The number of thiophene rings is 2. The van der Waals surface area contributed by atoms with Crippen LogP contribution in [-0.2, 0) is 14.1 Å². The zero-order valence-electron chi connectivity index (χ0n) is 24.8. The lowest BCUT2D eigenvalue weighted by Crippen LogP contribution is -2.02. The maximum atomic E-state index is 13.2. The van der Waals surface area contributed by atoms with Gasteiger partial charge in [-0.05, 0) is 48.6 Å². The van der Waals surface area contributed by atoms with Crippen molar-refractivity contribution in [3.05, 3.63) is 103 Å². The minimum absolute atomic E-state index is 0.0339. The standard InChI is InChI=1S/C36H14N6O4S2/c1-41-19(7-25-31(43)21-3-15(11-37)16(12-38)4-22(21)32(25)44)9-27-29(41)35-36(47-27)30-28(48-35)10-20(42(30)2)8-26-33(45)23-5-17(13-39)18(14-40)6-24(23)34(26)46/h3-10H,1-2H3. The molecule has 0 radical (unpaired) electrons. The van der Waals surface area contributed by atoms with Crippen LogP contribution in [0, 0.1) is 45.3 Å². The Bertz CT molecular complexity index is 2570. The van der Waals surface area contributed by atoms with Crippen molar-refractivity contribution in [2.45, 2.75) is 0 Å². The Morgan fingerprint density at radius 1 is 0.521 bits per heavy atom. The third kappa shape index (κ3) is 3.67. The molecule has 0 fully saturated rings. The van der Waals surface area contributed by atoms with Crippen molar-refractivity contribution in [1.82, 2.24) is 9.13 Å². The molecular weight excluding hydrogens is 645 g/mol. The Balaban J connectivity index is 1.19. The molecule has 0 atom stereocenters. The van der Waals surface area contributed by atoms with Crippen LogP contribution in [0.3, 0.4) is 0 Å². The fourth-order valence-corrected chi connectivity index (χ4v) is 9.35. The molecule has 8 rings (SSSR count). The van der Waals surface area contributed by atoms with Crippen molar-refractivity contribution < 1.29 is 19.2 Å². The summed E-state index contributed by atoms with van der Waals surface area (Å²) in [5.74, 6) is -1.97. The van der Waals surface area contributed by atoms with Crippen LogP contribution in [-0.4, -0.2) is 32.3 Å². The molecule has 0 saturated carbocycles. The molecule has 0 spiro atoms. The summed E-state index contributed by atoms with van der Waals surface area (Å²) < 4.78 is 7.70. The van der Waals surface area contributed by atoms with E-state index in [2.05, 4.69) is 0 Å². The van der Waals surface area contributed by atoms with Gasteiger partial charge in [-0.3, -0.25) is 19.2 Å². The summed E-state index contributed by atoms with van der Waals surface area (Å²) >= 11 is 3.08. The van der Waals surface area contributed by atoms with E-state index in [1.807, 2.05) is 59.6 Å². The van der Waals surface area contributed by atoms with Gasteiger partial charge in [0.15, 0.2) is 23.1 Å². The number of nitriles is 4. The first-order valence-corrected chi connectivity index (χ1v) is 15.8. The third-order valence-electron chi connectivity index (χ3n) is 8.87. The van der Waals surface area contributed by atoms with Crippen molar-refractivity contribution in [1.29, 1.82) is 21.0 Å². The lowest BCUT2D eigenvalue weighted by Gasteiger charge is -2.01. The molecule has 2 aromatic carbocycles. The monoisotopic (exact) mass is 658 g/mol. The summed E-state index contributed by atoms with van der Waals surface area (Å²) in [6.07, 6.45) is 3.09. The third-order valence-corrected chi connectivity index (χ3v) is 11.3. The molecule has 0 aliphatic heterocycles. The van der Waals surface area contributed by atoms with Crippen molar-refractivity contribution in [2.24, 2.45) is 14.1 Å². The van der Waals surface area contributed by atoms with E-state index in [9.17, 15) is 40.2 Å². The summed E-state index contributed by atoms with van der Waals surface area (Å²) in [7, 11) is 3.70. The Morgan fingerprint density at radius 2 is 0.812 bits per heavy atom. The van der Waals surface area contributed by atoms with Gasteiger partial charge in [0.1, 0.15) is 24.3 Å². The van der Waals surface area contributed by atoms with Crippen molar-refractivity contribution in [3.63, 3.8) is 0 Å². The van der Waals surface area contributed by atoms with E-state index >= 15 is 0 Å². The summed E-state index contributed by atoms with van der Waals surface area (Å²) in [5, 5.41) is 37.5. The second kappa shape index (κ2) is 9.90. The summed E-state index contributed by atoms with van der Waals surface area (Å²) in [6.45, 7) is 0. The van der Waals surface area contributed by atoms with E-state index in [0.29, 0.717) is 11.4 Å². The number of hydrogen-bond donors (Lipinski definition) is 0. The van der Waals surface area contributed by atoms with Crippen molar-refractivity contribution >= 4 is 87.8 Å². The highest BCUT2D eigenvalue weighted by atomic mass is 32.1. The molecule has 0 saturated heterocycles. The van der Waals surface area contributed by atoms with Gasteiger partial charge in [-0.25, -0.2) is 0 Å². The fourth-order valence-electron chi connectivity index (χ4n) is 6.44. The first-order valence-electron chi connectivity index (χ1n) is 14.2. The Kier molecular flexibility index (Phi) is 5.93. The second-order valence-electron chi connectivity index (χ2n) is 11.3. The molecule has 2 aliphatic carbocycles. The van der Waals surface area contributed by atoms with Gasteiger partial charge in [0, 0.05) is 47.7 Å². The molecule has 224 valence electrons. The number of hydrogen-bond acceptors (Lipinski definition) is 10. The van der Waals surface area contributed by atoms with Gasteiger partial charge in [0.25, 0.3) is 0 Å². The molecule has 0 unspecified atom stereocenters. The molecule has 48 heavy (non-hydrogen) atoms. The van der Waals surface area contributed by atoms with Crippen molar-refractivity contribution in [3.8, 4) is 24.3 Å². The number of nitrogens with zero attached hydrogens (tertiary/aromatic N) is 6. The molecule has 12 heteroatoms. The SMILES string of the molecule is Cn1c(C=C2C(=O)c3cc(C#N)c(C#N)cc3C2=O)cc2sc3c(sc4cc(C=C5C(=O)c6cc(C#N)c(C#N)cc6C5=O)n(C)c43)c21. The summed E-state index contributed by atoms with van der Waals surface area (Å²) in [5.41, 5.74) is 3.67. The molecule has 2 aliphatic rings. The zero-order chi connectivity index (χ0) is 33.8. The van der Waals surface area contributed by atoms with Crippen LogP contribution >= 0.6 is 22.7 Å². The van der Waals surface area contributed by atoms with Crippen LogP contribution in [0.25, 0.3) is 42.0 Å². The highest BCUT2D eigenvalue weighted by Gasteiger charge is 2.36. The summed E-state index contributed by atoms with van der Waals surface area (Å²) in [4.78, 5) is 52.9. The summed E-state index contributed by atoms with van der Waals surface area (Å²) in [6, 6.07) is 16.6. The predicted molar refractivity (Wildman–Crippen MR) is 178 cm³/mol. The molecule has 0 amide bonds. The first kappa shape index (κ1) is 28.8. The van der Waals surface area contributed by atoms with Gasteiger partial charge in [-0.15, -0.1) is 22.7 Å². The predicted octanol–water partition coefficient (Wildman–Crippen LogP) is 6.36. The van der Waals surface area contributed by atoms with Gasteiger partial charge in [-0.2, -0.15) is 21.0 Å². The van der Waals surface area contributed by atoms with Gasteiger partial charge < -0.3 is 9.13 Å². The van der Waals surface area contributed by atoms with Gasteiger partial charge in [-0.1, -0.05) is 0 Å². The van der Waals surface area contributed by atoms with Crippen LogP contribution in [0.1, 0.15) is 75.1 Å². The Morgan fingerprint density at radius 3 is 1.08 bits per heavy atom. The highest BCUT2D eigenvalue weighted by Crippen LogP contribution is 2.46. The number of ketones is 4. The smallest absolute Gasteiger partial charge is 0.197 e. The van der Waals surface area contributed by atoms with E-state index < -0.39 is 23.1 Å². The van der Waals surface area contributed by atoms with E-state index in [1.165, 1.54) is 24.3 Å². The number of aryl methyl sites for hydroxylation is 2. The molecule has 4 aromatic heterocycles. The van der Waals surface area contributed by atoms with Crippen LogP contribution in [0.4, 0.5) is 0 Å². The number of allylic oxidation sites excluding steroid dienone is 2. The molecule has 4 heterocycles. The van der Waals surface area contributed by atoms with Crippen LogP contribution < -0.4 is 0 Å². The fraction of sp³-hybridized carbons (Fsp3) is 0.0556. The number of carbonyl (C=O) groups is 4. The average Bonchev–Trinajstić information content (AvgIpc) is 3.88. The molecule has 10 nitrogen and oxygen atoms in total. The van der Waals surface area contributed by atoms with E-state index in [0.717, 1.165) is 29.8 Å². The maximum absolute atomic E-state index is 13.2. The maximum Gasteiger partial charge on any atom is 0.197 e. The van der Waals surface area contributed by atoms with Gasteiger partial charge in [0.2, 0.25) is 0 Å². The number of aromatic nitrogens is 2. The Hall–Kier alpha value is -6.70. The minimum Gasteiger partial charge on any atom is -0.342 e. The number of rotatable bonds is 2. The van der Waals surface area contributed by atoms with Crippen LogP contribution in [0.2, 0.25) is 0 Å². The van der Waals surface area contributed by atoms with E-state index in [-0.39, 0.29) is 55.7 Å². The number of benzene rings is 2. The molecule has 0 N–H and O–H groups in total. The lowest BCUT2D eigenvalue weighted by molar-refractivity contribution is 0.0975. The zero-order valence-corrected chi connectivity index (χ0v) is 26.4. The quantitative estimate of drug-likeness (QED) is 0.153. The highest BCUT2D eigenvalue weighted by molar-refractivity contribution is 7.36. The topological polar surface area (TPSA) is 173 Å². The molecule has 0 bridgehead atoms. The van der Waals surface area contributed by atoms with Crippen LogP contribution in [0.5, 0.6) is 0 Å². The molecule has 6 aromatic rings. The van der Waals surface area contributed by atoms with Gasteiger partial charge >= 0.3 is 0 Å². The van der Waals surface area contributed by atoms with E-state index in [4.69, 9.17) is 0 Å². The minimum atomic E-state index is -0.493.